The number of aromatic nitrogens is 2. The summed E-state index contributed by atoms with van der Waals surface area (Å²) in [6.45, 7) is 0.413. The van der Waals surface area contributed by atoms with Crippen molar-refractivity contribution in [3.8, 4) is 5.88 Å². The number of aryl methyl sites for hydroxylation is 1. The molecule has 0 aromatic carbocycles. The molecule has 1 N–H and O–H groups in total. The van der Waals surface area contributed by atoms with Gasteiger partial charge in [0, 0.05) is 7.05 Å². The topological polar surface area (TPSA) is 90.2 Å². The van der Waals surface area contributed by atoms with E-state index >= 15 is 0 Å². The van der Waals surface area contributed by atoms with Crippen molar-refractivity contribution < 1.29 is 18.4 Å². The Labute approximate surface area is 95.0 Å². The second kappa shape index (κ2) is 5.32. The molecule has 0 fully saturated rings. The summed E-state index contributed by atoms with van der Waals surface area (Å²) < 4.78 is 28.6. The Morgan fingerprint density at radius 1 is 1.53 bits per heavy atom. The minimum absolute atomic E-state index is 0.0404. The Bertz CT molecular complexity index is 427. The van der Waals surface area contributed by atoms with Gasteiger partial charge in [-0.3, -0.25) is 10.1 Å². The molecule has 0 unspecified atom stereocenters. The maximum Gasteiger partial charge on any atom is 0.352 e. The fourth-order valence-corrected chi connectivity index (χ4v) is 1.11. The molecule has 0 amide bonds. The number of anilines is 1. The van der Waals surface area contributed by atoms with Crippen LogP contribution in [0.2, 0.25) is 0 Å². The van der Waals surface area contributed by atoms with Crippen LogP contribution in [0.15, 0.2) is 0 Å². The van der Waals surface area contributed by atoms with Crippen LogP contribution in [-0.2, 0) is 0 Å². The van der Waals surface area contributed by atoms with Gasteiger partial charge in [-0.15, -0.1) is 0 Å². The highest BCUT2D eigenvalue weighted by Gasteiger charge is 2.24. The quantitative estimate of drug-likeness (QED) is 0.625. The van der Waals surface area contributed by atoms with Gasteiger partial charge in [0.15, 0.2) is 6.61 Å². The molecule has 0 saturated heterocycles. The first kappa shape index (κ1) is 13.0. The number of rotatable bonds is 5. The lowest BCUT2D eigenvalue weighted by atomic mass is 10.3. The van der Waals surface area contributed by atoms with Gasteiger partial charge >= 0.3 is 5.69 Å². The normalized spacial score (nSPS) is 10.4. The average Bonchev–Trinajstić information content (AvgIpc) is 2.24. The molecule has 0 aliphatic carbocycles. The van der Waals surface area contributed by atoms with Crippen LogP contribution in [0, 0.1) is 17.0 Å². The van der Waals surface area contributed by atoms with E-state index in [1.165, 1.54) is 14.0 Å². The van der Waals surface area contributed by atoms with Crippen molar-refractivity contribution in [1.82, 2.24) is 9.97 Å². The number of alkyl halides is 2. The minimum atomic E-state index is -2.73. The van der Waals surface area contributed by atoms with Gasteiger partial charge in [0.1, 0.15) is 5.69 Å². The predicted molar refractivity (Wildman–Crippen MR) is 54.5 cm³/mol. The zero-order valence-electron chi connectivity index (χ0n) is 9.11. The number of ether oxygens (including phenoxy) is 1. The smallest absolute Gasteiger partial charge is 0.352 e. The Kier molecular flexibility index (Phi) is 4.07. The Morgan fingerprint density at radius 2 is 2.18 bits per heavy atom. The second-order valence-corrected chi connectivity index (χ2v) is 3.00. The highest BCUT2D eigenvalue weighted by Crippen LogP contribution is 2.28. The summed E-state index contributed by atoms with van der Waals surface area (Å²) in [6, 6.07) is 0. The molecule has 94 valence electrons. The molecule has 0 bridgehead atoms. The van der Waals surface area contributed by atoms with Crippen molar-refractivity contribution in [2.24, 2.45) is 0 Å². The molecule has 0 aliphatic heterocycles. The summed E-state index contributed by atoms with van der Waals surface area (Å²) in [5.41, 5.74) is -0.469. The van der Waals surface area contributed by atoms with E-state index in [-0.39, 0.29) is 11.6 Å². The summed E-state index contributed by atoms with van der Waals surface area (Å²) in [7, 11) is 1.50. The number of nitrogens with one attached hydrogen (secondary N) is 1. The monoisotopic (exact) mass is 248 g/mol. The van der Waals surface area contributed by atoms with Gasteiger partial charge in [0.25, 0.3) is 12.3 Å². The Hall–Kier alpha value is -2.06. The molecule has 0 radical (unpaired) electrons. The molecular formula is C8H10F2N4O3. The van der Waals surface area contributed by atoms with Crippen molar-refractivity contribution in [3.63, 3.8) is 0 Å². The van der Waals surface area contributed by atoms with Gasteiger partial charge in [0.05, 0.1) is 4.92 Å². The zero-order valence-corrected chi connectivity index (χ0v) is 9.11. The molecule has 17 heavy (non-hydrogen) atoms. The van der Waals surface area contributed by atoms with E-state index < -0.39 is 29.5 Å². The Balaban J connectivity index is 3.13. The largest absolute Gasteiger partial charge is 0.467 e. The van der Waals surface area contributed by atoms with Gasteiger partial charge in [0.2, 0.25) is 5.95 Å². The molecule has 7 nitrogen and oxygen atoms in total. The highest BCUT2D eigenvalue weighted by molar-refractivity contribution is 5.48. The number of halogens is 2. The molecule has 0 saturated carbocycles. The zero-order chi connectivity index (χ0) is 13.0. The van der Waals surface area contributed by atoms with Crippen molar-refractivity contribution in [2.45, 2.75) is 13.3 Å². The maximum absolute atomic E-state index is 12.0. The lowest BCUT2D eigenvalue weighted by Gasteiger charge is -2.08. The van der Waals surface area contributed by atoms with Gasteiger partial charge < -0.3 is 10.1 Å². The molecule has 1 aromatic heterocycles. The third-order valence-corrected chi connectivity index (χ3v) is 1.78. The summed E-state index contributed by atoms with van der Waals surface area (Å²) >= 11 is 0. The number of hydrogen-bond donors (Lipinski definition) is 1. The fourth-order valence-electron chi connectivity index (χ4n) is 1.11. The average molecular weight is 248 g/mol. The van der Waals surface area contributed by atoms with E-state index in [1.807, 2.05) is 0 Å². The van der Waals surface area contributed by atoms with E-state index in [1.54, 1.807) is 0 Å². The van der Waals surface area contributed by atoms with E-state index in [4.69, 9.17) is 0 Å². The standard InChI is InChI=1S/C8H10F2N4O3/c1-4-6(14(15)16)7(17-3-5(9)10)13-8(11-2)12-4/h5H,3H2,1-2H3,(H,11,12,13). The van der Waals surface area contributed by atoms with Crippen molar-refractivity contribution in [2.75, 3.05) is 19.0 Å². The van der Waals surface area contributed by atoms with Crippen LogP contribution in [0.1, 0.15) is 5.69 Å². The second-order valence-electron chi connectivity index (χ2n) is 3.00. The SMILES string of the molecule is CNc1nc(C)c([N+](=O)[O-])c(OCC(F)F)n1. The van der Waals surface area contributed by atoms with Crippen molar-refractivity contribution >= 4 is 11.6 Å². The number of nitrogens with zero attached hydrogens (tertiary/aromatic N) is 3. The lowest BCUT2D eigenvalue weighted by Crippen LogP contribution is -2.12. The molecule has 0 aliphatic rings. The first-order valence-electron chi connectivity index (χ1n) is 4.57. The van der Waals surface area contributed by atoms with E-state index in [0.29, 0.717) is 0 Å². The third kappa shape index (κ3) is 3.20. The van der Waals surface area contributed by atoms with Crippen LogP contribution < -0.4 is 10.1 Å². The first-order valence-corrected chi connectivity index (χ1v) is 4.57. The van der Waals surface area contributed by atoms with Crippen molar-refractivity contribution in [1.29, 1.82) is 0 Å². The highest BCUT2D eigenvalue weighted by atomic mass is 19.3. The first-order chi connectivity index (χ1) is 7.95. The fraction of sp³-hybridized carbons (Fsp3) is 0.500. The van der Waals surface area contributed by atoms with Gasteiger partial charge in [-0.25, -0.2) is 13.8 Å². The lowest BCUT2D eigenvalue weighted by molar-refractivity contribution is -0.387. The third-order valence-electron chi connectivity index (χ3n) is 1.78. The number of nitro groups is 1. The molecule has 0 atom stereocenters. The number of hydrogen-bond acceptors (Lipinski definition) is 6. The van der Waals surface area contributed by atoms with Crippen LogP contribution in [-0.4, -0.2) is 35.0 Å². The van der Waals surface area contributed by atoms with E-state index in [0.717, 1.165) is 0 Å². The summed E-state index contributed by atoms with van der Waals surface area (Å²) in [6.07, 6.45) is -2.73. The van der Waals surface area contributed by atoms with Crippen LogP contribution in [0.3, 0.4) is 0 Å². The molecule has 0 spiro atoms. The predicted octanol–water partition coefficient (Wildman–Crippen LogP) is 1.38. The van der Waals surface area contributed by atoms with Crippen molar-refractivity contribution in [3.05, 3.63) is 15.8 Å². The minimum Gasteiger partial charge on any atom is -0.467 e. The van der Waals surface area contributed by atoms with Crippen LogP contribution >= 0.6 is 0 Å². The van der Waals surface area contributed by atoms with E-state index in [9.17, 15) is 18.9 Å². The van der Waals surface area contributed by atoms with Gasteiger partial charge in [-0.05, 0) is 6.92 Å². The maximum atomic E-state index is 12.0. The van der Waals surface area contributed by atoms with Gasteiger partial charge in [-0.2, -0.15) is 4.98 Å². The summed E-state index contributed by atoms with van der Waals surface area (Å²) in [5, 5.41) is 13.3. The Morgan fingerprint density at radius 3 is 2.65 bits per heavy atom. The summed E-state index contributed by atoms with van der Waals surface area (Å²) in [4.78, 5) is 17.4. The molecule has 1 rings (SSSR count). The molecule has 1 aromatic rings. The summed E-state index contributed by atoms with van der Waals surface area (Å²) in [5.74, 6) is -0.399. The van der Waals surface area contributed by atoms with Crippen LogP contribution in [0.4, 0.5) is 20.4 Å². The van der Waals surface area contributed by atoms with Crippen LogP contribution in [0.25, 0.3) is 0 Å². The molecular weight excluding hydrogens is 238 g/mol. The molecule has 1 heterocycles. The molecule has 9 heteroatoms. The van der Waals surface area contributed by atoms with Gasteiger partial charge in [-0.1, -0.05) is 0 Å². The van der Waals surface area contributed by atoms with Crippen LogP contribution in [0.5, 0.6) is 5.88 Å². The van der Waals surface area contributed by atoms with E-state index in [2.05, 4.69) is 20.0 Å².